The molecule has 0 saturated carbocycles. The highest BCUT2D eigenvalue weighted by Crippen LogP contribution is 2.17. The third-order valence-electron chi connectivity index (χ3n) is 2.63. The first-order valence-electron chi connectivity index (χ1n) is 5.60. The molecule has 1 unspecified atom stereocenters. The molecule has 0 heterocycles. The monoisotopic (exact) mass is 267 g/mol. The average molecular weight is 267 g/mol. The molecule has 1 aromatic rings. The van der Waals surface area contributed by atoms with Crippen LogP contribution in [0.4, 0.5) is 5.69 Å². The molecule has 0 fully saturated rings. The van der Waals surface area contributed by atoms with E-state index in [1.807, 2.05) is 13.2 Å². The van der Waals surface area contributed by atoms with E-state index in [1.165, 1.54) is 6.07 Å². The summed E-state index contributed by atoms with van der Waals surface area (Å²) in [5.74, 6) is -1.09. The minimum absolute atomic E-state index is 0.1000. The molecule has 0 spiro atoms. The van der Waals surface area contributed by atoms with Gasteiger partial charge in [-0.3, -0.25) is 4.79 Å². The van der Waals surface area contributed by atoms with Gasteiger partial charge in [0.05, 0.1) is 5.56 Å². The number of rotatable bonds is 5. The maximum absolute atomic E-state index is 11.7. The van der Waals surface area contributed by atoms with E-state index in [9.17, 15) is 9.59 Å². The molecule has 0 saturated heterocycles. The lowest BCUT2D eigenvalue weighted by Crippen LogP contribution is -2.16. The van der Waals surface area contributed by atoms with Crippen molar-refractivity contribution in [3.63, 3.8) is 0 Å². The minimum atomic E-state index is -0.985. The number of nitrogens with one attached hydrogen (secondary N) is 1. The average Bonchev–Trinajstić information content (AvgIpc) is 2.31. The number of hydrogen-bond acceptors (Lipinski definition) is 3. The molecule has 1 rings (SSSR count). The Kier molecular flexibility index (Phi) is 5.22. The van der Waals surface area contributed by atoms with Crippen LogP contribution in [0.25, 0.3) is 0 Å². The highest BCUT2D eigenvalue weighted by Gasteiger charge is 2.11. The summed E-state index contributed by atoms with van der Waals surface area (Å²) in [7, 11) is 0. The van der Waals surface area contributed by atoms with Gasteiger partial charge in [0.2, 0.25) is 5.91 Å². The highest BCUT2D eigenvalue weighted by molar-refractivity contribution is 7.99. The highest BCUT2D eigenvalue weighted by atomic mass is 32.2. The molecule has 2 N–H and O–H groups in total. The fourth-order valence-electron chi connectivity index (χ4n) is 1.49. The Balaban J connectivity index is 2.76. The summed E-state index contributed by atoms with van der Waals surface area (Å²) in [6, 6.07) is 4.89. The second-order valence-corrected chi connectivity index (χ2v) is 5.41. The van der Waals surface area contributed by atoms with Crippen molar-refractivity contribution in [2.45, 2.75) is 25.5 Å². The van der Waals surface area contributed by atoms with Gasteiger partial charge in [0.25, 0.3) is 0 Å². The molecule has 0 radical (unpaired) electrons. The number of aromatic carboxylic acids is 1. The first kappa shape index (κ1) is 14.6. The minimum Gasteiger partial charge on any atom is -0.478 e. The third kappa shape index (κ3) is 4.07. The summed E-state index contributed by atoms with van der Waals surface area (Å²) in [4.78, 5) is 22.6. The lowest BCUT2D eigenvalue weighted by Gasteiger charge is -2.10. The lowest BCUT2D eigenvalue weighted by molar-refractivity contribution is -0.116. The van der Waals surface area contributed by atoms with E-state index >= 15 is 0 Å². The predicted molar refractivity (Wildman–Crippen MR) is 74.4 cm³/mol. The van der Waals surface area contributed by atoms with Gasteiger partial charge in [-0.15, -0.1) is 0 Å². The molecule has 1 atom stereocenters. The molecular weight excluding hydrogens is 250 g/mol. The van der Waals surface area contributed by atoms with Crippen molar-refractivity contribution in [1.29, 1.82) is 0 Å². The van der Waals surface area contributed by atoms with Crippen LogP contribution >= 0.6 is 11.8 Å². The number of hydrogen-bond donors (Lipinski definition) is 2. The summed E-state index contributed by atoms with van der Waals surface area (Å²) in [5.41, 5.74) is 1.42. The van der Waals surface area contributed by atoms with E-state index in [4.69, 9.17) is 5.11 Å². The quantitative estimate of drug-likeness (QED) is 0.861. The van der Waals surface area contributed by atoms with Crippen molar-refractivity contribution < 1.29 is 14.7 Å². The molecule has 0 aromatic heterocycles. The van der Waals surface area contributed by atoms with E-state index in [1.54, 1.807) is 30.8 Å². The Morgan fingerprint density at radius 2 is 2.11 bits per heavy atom. The zero-order valence-electron chi connectivity index (χ0n) is 10.7. The molecule has 98 valence electrons. The summed E-state index contributed by atoms with van der Waals surface area (Å²) in [6.45, 7) is 3.70. The molecule has 0 bridgehead atoms. The zero-order chi connectivity index (χ0) is 13.7. The van der Waals surface area contributed by atoms with Crippen LogP contribution in [0.15, 0.2) is 18.2 Å². The largest absolute Gasteiger partial charge is 0.478 e. The Hall–Kier alpha value is -1.49. The van der Waals surface area contributed by atoms with Crippen molar-refractivity contribution in [1.82, 2.24) is 0 Å². The lowest BCUT2D eigenvalue weighted by atomic mass is 10.1. The number of carboxylic acids is 1. The molecule has 0 aliphatic carbocycles. The standard InChI is InChI=1S/C13H17NO3S/c1-8-4-5-10(7-11(8)13(16)17)14-12(15)6-9(2)18-3/h4-5,7,9H,6H2,1-3H3,(H,14,15)(H,16,17). The predicted octanol–water partition coefficient (Wildman–Crippen LogP) is 2.77. The molecule has 5 heteroatoms. The molecule has 4 nitrogen and oxygen atoms in total. The first-order chi connectivity index (χ1) is 8.43. The fraction of sp³-hybridized carbons (Fsp3) is 0.385. The number of aryl methyl sites for hydroxylation is 1. The Labute approximate surface area is 111 Å². The number of carboxylic acid groups (broad SMARTS) is 1. The van der Waals surface area contributed by atoms with Gasteiger partial charge in [0.15, 0.2) is 0 Å². The summed E-state index contributed by atoms with van der Waals surface area (Å²) in [5, 5.41) is 12.0. The topological polar surface area (TPSA) is 66.4 Å². The maximum atomic E-state index is 11.7. The first-order valence-corrected chi connectivity index (χ1v) is 6.89. The summed E-state index contributed by atoms with van der Waals surface area (Å²) in [6.07, 6.45) is 2.36. The number of benzene rings is 1. The van der Waals surface area contributed by atoms with Gasteiger partial charge in [-0.25, -0.2) is 4.79 Å². The third-order valence-corrected chi connectivity index (χ3v) is 3.60. The Bertz CT molecular complexity index is 460. The van der Waals surface area contributed by atoms with Crippen LogP contribution in [-0.2, 0) is 4.79 Å². The van der Waals surface area contributed by atoms with E-state index in [2.05, 4.69) is 5.32 Å². The van der Waals surface area contributed by atoms with Crippen LogP contribution in [0.3, 0.4) is 0 Å². The SMILES string of the molecule is CSC(C)CC(=O)Nc1ccc(C)c(C(=O)O)c1. The van der Waals surface area contributed by atoms with Crippen LogP contribution in [0, 0.1) is 6.92 Å². The van der Waals surface area contributed by atoms with Crippen LogP contribution in [0.2, 0.25) is 0 Å². The zero-order valence-corrected chi connectivity index (χ0v) is 11.5. The van der Waals surface area contributed by atoms with E-state index in [0.717, 1.165) is 0 Å². The van der Waals surface area contributed by atoms with E-state index < -0.39 is 5.97 Å². The van der Waals surface area contributed by atoms with Crippen LogP contribution in [0.1, 0.15) is 29.3 Å². The van der Waals surface area contributed by atoms with Crippen LogP contribution in [-0.4, -0.2) is 28.5 Å². The van der Waals surface area contributed by atoms with Crippen molar-refractivity contribution >= 4 is 29.3 Å². The molecule has 1 aromatic carbocycles. The van der Waals surface area contributed by atoms with Crippen molar-refractivity contribution in [2.24, 2.45) is 0 Å². The Morgan fingerprint density at radius 1 is 1.44 bits per heavy atom. The van der Waals surface area contributed by atoms with Gasteiger partial charge in [0.1, 0.15) is 0 Å². The number of thioether (sulfide) groups is 1. The van der Waals surface area contributed by atoms with Gasteiger partial charge >= 0.3 is 5.97 Å². The maximum Gasteiger partial charge on any atom is 0.336 e. The van der Waals surface area contributed by atoms with Crippen LogP contribution in [0.5, 0.6) is 0 Å². The van der Waals surface area contributed by atoms with Crippen molar-refractivity contribution in [3.05, 3.63) is 29.3 Å². The van der Waals surface area contributed by atoms with E-state index in [0.29, 0.717) is 17.7 Å². The normalized spacial score (nSPS) is 11.9. The molecule has 1 amide bonds. The summed E-state index contributed by atoms with van der Waals surface area (Å²) >= 11 is 1.62. The van der Waals surface area contributed by atoms with Crippen molar-refractivity contribution in [3.8, 4) is 0 Å². The van der Waals surface area contributed by atoms with Gasteiger partial charge in [-0.2, -0.15) is 11.8 Å². The number of anilines is 1. The molecular formula is C13H17NO3S. The van der Waals surface area contributed by atoms with Gasteiger partial charge in [0, 0.05) is 17.4 Å². The van der Waals surface area contributed by atoms with Crippen LogP contribution < -0.4 is 5.32 Å². The number of carbonyl (C=O) groups is 2. The smallest absolute Gasteiger partial charge is 0.336 e. The van der Waals surface area contributed by atoms with Crippen molar-refractivity contribution in [2.75, 3.05) is 11.6 Å². The molecule has 0 aliphatic rings. The Morgan fingerprint density at radius 3 is 2.67 bits per heavy atom. The second kappa shape index (κ2) is 6.44. The second-order valence-electron chi connectivity index (χ2n) is 4.13. The van der Waals surface area contributed by atoms with E-state index in [-0.39, 0.29) is 16.7 Å². The molecule has 18 heavy (non-hydrogen) atoms. The fourth-order valence-corrected chi connectivity index (χ4v) is 1.80. The van der Waals surface area contributed by atoms with Gasteiger partial charge < -0.3 is 10.4 Å². The van der Waals surface area contributed by atoms with Gasteiger partial charge in [-0.1, -0.05) is 13.0 Å². The molecule has 0 aliphatic heterocycles. The van der Waals surface area contributed by atoms with Gasteiger partial charge in [-0.05, 0) is 30.9 Å². The number of amides is 1. The summed E-state index contributed by atoms with van der Waals surface area (Å²) < 4.78 is 0. The number of carbonyl (C=O) groups excluding carboxylic acids is 1.